The molecule has 2 atom stereocenters. The zero-order chi connectivity index (χ0) is 23.8. The van der Waals surface area contributed by atoms with Gasteiger partial charge in [-0.1, -0.05) is 30.3 Å². The molecular weight excluding hydrogens is 447 g/mol. The number of ether oxygens (including phenoxy) is 2. The maximum atomic E-state index is 15.3. The van der Waals surface area contributed by atoms with Crippen LogP contribution in [0.4, 0.5) is 13.2 Å². The second kappa shape index (κ2) is 8.82. The third-order valence-electron chi connectivity index (χ3n) is 5.76. The number of nitriles is 1. The molecule has 0 saturated carbocycles. The summed E-state index contributed by atoms with van der Waals surface area (Å²) in [7, 11) is 0. The highest BCUT2D eigenvalue weighted by atomic mass is 19.1. The third-order valence-corrected chi connectivity index (χ3v) is 5.76. The van der Waals surface area contributed by atoms with E-state index in [9.17, 15) is 8.78 Å². The molecule has 4 aromatic rings. The number of hydrogen-bond donors (Lipinski definition) is 2. The lowest BCUT2D eigenvalue weighted by Gasteiger charge is -2.08. The van der Waals surface area contributed by atoms with E-state index in [1.54, 1.807) is 12.1 Å². The monoisotopic (exact) mass is 465 g/mol. The van der Waals surface area contributed by atoms with Gasteiger partial charge in [0.25, 0.3) is 6.01 Å². The predicted molar refractivity (Wildman–Crippen MR) is 117 cm³/mol. The Morgan fingerprint density at radius 3 is 2.53 bits per heavy atom. The molecule has 1 unspecified atom stereocenters. The van der Waals surface area contributed by atoms with Crippen molar-refractivity contribution in [3.05, 3.63) is 71.5 Å². The maximum Gasteiger partial charge on any atom is 0.295 e. The number of imidazole rings is 1. The smallest absolute Gasteiger partial charge is 0.295 e. The molecule has 1 aliphatic heterocycles. The van der Waals surface area contributed by atoms with E-state index in [0.717, 1.165) is 12.1 Å². The Hall–Kier alpha value is -3.87. The van der Waals surface area contributed by atoms with E-state index in [4.69, 9.17) is 19.8 Å². The molecule has 0 spiro atoms. The molecule has 0 aliphatic carbocycles. The van der Waals surface area contributed by atoms with E-state index >= 15 is 4.39 Å². The molecule has 1 aromatic heterocycles. The number of hydrogen-bond acceptors (Lipinski definition) is 5. The lowest BCUT2D eigenvalue weighted by molar-refractivity contribution is 0.0528. The first-order chi connectivity index (χ1) is 16.5. The van der Waals surface area contributed by atoms with Crippen molar-refractivity contribution >= 4 is 11.0 Å². The molecule has 0 amide bonds. The second-order valence-corrected chi connectivity index (χ2v) is 7.98. The highest BCUT2D eigenvalue weighted by Gasteiger charge is 2.28. The van der Waals surface area contributed by atoms with E-state index in [2.05, 4.69) is 9.97 Å². The number of aliphatic hydroxyl groups is 1. The van der Waals surface area contributed by atoms with Crippen LogP contribution in [0.2, 0.25) is 0 Å². The van der Waals surface area contributed by atoms with E-state index in [1.807, 2.05) is 6.07 Å². The highest BCUT2D eigenvalue weighted by molar-refractivity contribution is 5.84. The molecule has 34 heavy (non-hydrogen) atoms. The van der Waals surface area contributed by atoms with Gasteiger partial charge in [-0.15, -0.1) is 0 Å². The van der Waals surface area contributed by atoms with Gasteiger partial charge in [0.05, 0.1) is 42.0 Å². The van der Waals surface area contributed by atoms with Gasteiger partial charge in [0.2, 0.25) is 0 Å². The Morgan fingerprint density at radius 1 is 1.09 bits per heavy atom. The summed E-state index contributed by atoms with van der Waals surface area (Å²) in [5.74, 6) is -2.20. The average molecular weight is 465 g/mol. The number of nitrogens with zero attached hydrogens (tertiary/aromatic N) is 2. The van der Waals surface area contributed by atoms with E-state index in [1.165, 1.54) is 24.3 Å². The number of H-pyrrole nitrogens is 1. The van der Waals surface area contributed by atoms with Crippen LogP contribution >= 0.6 is 0 Å². The molecule has 9 heteroatoms. The molecule has 1 saturated heterocycles. The number of benzene rings is 3. The number of fused-ring (bicyclic) bond motifs is 1. The van der Waals surface area contributed by atoms with Gasteiger partial charge in [0.15, 0.2) is 5.82 Å². The average Bonchev–Trinajstić information content (AvgIpc) is 3.46. The Morgan fingerprint density at radius 2 is 1.85 bits per heavy atom. The normalized spacial score (nSPS) is 17.7. The molecule has 0 radical (unpaired) electrons. The predicted octanol–water partition coefficient (Wildman–Crippen LogP) is 4.71. The minimum Gasteiger partial charge on any atom is -0.459 e. The summed E-state index contributed by atoms with van der Waals surface area (Å²) in [5.41, 5.74) is 1.04. The van der Waals surface area contributed by atoms with Crippen molar-refractivity contribution in [1.82, 2.24) is 9.97 Å². The molecule has 2 N–H and O–H groups in total. The van der Waals surface area contributed by atoms with Crippen LogP contribution in [0, 0.1) is 28.8 Å². The first-order valence-corrected chi connectivity index (χ1v) is 10.5. The van der Waals surface area contributed by atoms with E-state index < -0.39 is 17.5 Å². The fourth-order valence-electron chi connectivity index (χ4n) is 4.05. The molecule has 0 bridgehead atoms. The van der Waals surface area contributed by atoms with E-state index in [-0.39, 0.29) is 64.7 Å². The molecule has 5 rings (SSSR count). The minimum atomic E-state index is -0.852. The maximum absolute atomic E-state index is 15.3. The van der Waals surface area contributed by atoms with Crippen LogP contribution in [-0.2, 0) is 4.74 Å². The summed E-state index contributed by atoms with van der Waals surface area (Å²) in [6.07, 6.45) is -0.224. The number of aromatic nitrogens is 2. The highest BCUT2D eigenvalue weighted by Crippen LogP contribution is 2.34. The van der Waals surface area contributed by atoms with Gasteiger partial charge in [-0.3, -0.25) is 0 Å². The van der Waals surface area contributed by atoms with Gasteiger partial charge in [-0.05, 0) is 23.3 Å². The van der Waals surface area contributed by atoms with Crippen LogP contribution in [0.3, 0.4) is 0 Å². The molecule has 1 fully saturated rings. The SMILES string of the molecule is N#Cc1ccc(-c2ccc(-c3c(F)cc4[nH]c(OC5CO[C@H](CO)C5)nc4c3F)cc2)c(F)c1. The van der Waals surface area contributed by atoms with Crippen molar-refractivity contribution in [2.75, 3.05) is 13.2 Å². The molecule has 2 heterocycles. The first kappa shape index (κ1) is 21.9. The van der Waals surface area contributed by atoms with Crippen molar-refractivity contribution in [2.45, 2.75) is 18.6 Å². The van der Waals surface area contributed by atoms with Crippen molar-refractivity contribution < 1.29 is 27.8 Å². The molecule has 3 aromatic carbocycles. The topological polar surface area (TPSA) is 91.2 Å². The van der Waals surface area contributed by atoms with Gasteiger partial charge in [0.1, 0.15) is 23.3 Å². The molecule has 1 aliphatic rings. The van der Waals surface area contributed by atoms with Crippen LogP contribution in [0.15, 0.2) is 48.5 Å². The summed E-state index contributed by atoms with van der Waals surface area (Å²) in [6.45, 7) is 0.135. The fourth-order valence-corrected chi connectivity index (χ4v) is 4.05. The van der Waals surface area contributed by atoms with Crippen molar-refractivity contribution in [2.24, 2.45) is 0 Å². The first-order valence-electron chi connectivity index (χ1n) is 10.5. The summed E-state index contributed by atoms with van der Waals surface area (Å²) < 4.78 is 55.5. The van der Waals surface area contributed by atoms with Crippen LogP contribution in [0.1, 0.15) is 12.0 Å². The van der Waals surface area contributed by atoms with Crippen molar-refractivity contribution in [3.63, 3.8) is 0 Å². The largest absolute Gasteiger partial charge is 0.459 e. The van der Waals surface area contributed by atoms with Gasteiger partial charge in [0, 0.05) is 18.1 Å². The Bertz CT molecular complexity index is 1410. The second-order valence-electron chi connectivity index (χ2n) is 7.98. The van der Waals surface area contributed by atoms with E-state index in [0.29, 0.717) is 12.0 Å². The Balaban J connectivity index is 1.45. The summed E-state index contributed by atoms with van der Waals surface area (Å²) in [5, 5.41) is 18.1. The molecule has 6 nitrogen and oxygen atoms in total. The number of rotatable bonds is 5. The molecular formula is C25H18F3N3O3. The Labute approximate surface area is 192 Å². The number of aromatic amines is 1. The van der Waals surface area contributed by atoms with Crippen LogP contribution in [0.5, 0.6) is 6.01 Å². The summed E-state index contributed by atoms with van der Waals surface area (Å²) in [4.78, 5) is 6.90. The number of nitrogens with one attached hydrogen (secondary N) is 1. The van der Waals surface area contributed by atoms with Crippen molar-refractivity contribution in [3.8, 4) is 34.3 Å². The quantitative estimate of drug-likeness (QED) is 0.445. The minimum absolute atomic E-state index is 0.0317. The van der Waals surface area contributed by atoms with Gasteiger partial charge in [-0.25, -0.2) is 13.2 Å². The molecule has 172 valence electrons. The van der Waals surface area contributed by atoms with Crippen LogP contribution in [-0.4, -0.2) is 40.5 Å². The zero-order valence-electron chi connectivity index (χ0n) is 17.7. The van der Waals surface area contributed by atoms with Gasteiger partial charge < -0.3 is 19.6 Å². The van der Waals surface area contributed by atoms with Gasteiger partial charge in [-0.2, -0.15) is 10.2 Å². The summed E-state index contributed by atoms with van der Waals surface area (Å²) >= 11 is 0. The number of halogens is 3. The number of aliphatic hydroxyl groups excluding tert-OH is 1. The Kier molecular flexibility index (Phi) is 5.69. The van der Waals surface area contributed by atoms with Crippen LogP contribution < -0.4 is 4.74 Å². The third kappa shape index (κ3) is 3.98. The van der Waals surface area contributed by atoms with Crippen LogP contribution in [0.25, 0.3) is 33.3 Å². The lowest BCUT2D eigenvalue weighted by Crippen LogP contribution is -2.17. The lowest BCUT2D eigenvalue weighted by atomic mass is 9.98. The standard InChI is InChI=1S/C25H18F3N3O3/c26-19-7-13(10-29)1-6-18(19)14-2-4-15(5-3-14)22-20(27)9-21-24(23(22)28)31-25(30-21)34-17-8-16(11-32)33-12-17/h1-7,9,16-17,32H,8,11-12H2,(H,30,31)/t16-,17?/m0/s1. The van der Waals surface area contributed by atoms with Crippen molar-refractivity contribution in [1.29, 1.82) is 5.26 Å². The zero-order valence-corrected chi connectivity index (χ0v) is 17.7. The summed E-state index contributed by atoms with van der Waals surface area (Å²) in [6, 6.07) is 13.3. The fraction of sp³-hybridized carbons (Fsp3) is 0.200. The van der Waals surface area contributed by atoms with Gasteiger partial charge >= 0.3 is 0 Å².